The normalized spacial score (nSPS) is 14.3. The van der Waals surface area contributed by atoms with Crippen molar-refractivity contribution in [1.82, 2.24) is 4.31 Å². The summed E-state index contributed by atoms with van der Waals surface area (Å²) in [6, 6.07) is 5.67. The zero-order valence-corrected chi connectivity index (χ0v) is 12.5. The van der Waals surface area contributed by atoms with E-state index in [1.165, 1.54) is 30.6 Å². The fourth-order valence-corrected chi connectivity index (χ4v) is 2.98. The van der Waals surface area contributed by atoms with E-state index in [2.05, 4.69) is 5.16 Å². The highest BCUT2D eigenvalue weighted by molar-refractivity contribution is 7.89. The van der Waals surface area contributed by atoms with Crippen molar-refractivity contribution >= 4 is 15.9 Å². The molecule has 0 aromatic heterocycles. The van der Waals surface area contributed by atoms with Crippen molar-refractivity contribution in [1.29, 1.82) is 0 Å². The molecule has 8 heteroatoms. The van der Waals surface area contributed by atoms with Crippen LogP contribution in [-0.4, -0.2) is 44.0 Å². The monoisotopic (exact) mass is 301 g/mol. The van der Waals surface area contributed by atoms with Crippen molar-refractivity contribution in [2.75, 3.05) is 14.2 Å². The molecule has 0 heterocycles. The number of methoxy groups -OCH3 is 1. The SMILES string of the molecule is COc1ccc(S(=O)(=O)N(C)C(C)CC(N)=NO)cc1. The largest absolute Gasteiger partial charge is 0.497 e. The van der Waals surface area contributed by atoms with Crippen molar-refractivity contribution in [3.63, 3.8) is 0 Å². The average Bonchev–Trinajstić information content (AvgIpc) is 2.46. The number of nitrogens with two attached hydrogens (primary N) is 1. The number of oxime groups is 1. The van der Waals surface area contributed by atoms with Gasteiger partial charge in [-0.25, -0.2) is 8.42 Å². The highest BCUT2D eigenvalue weighted by Gasteiger charge is 2.25. The van der Waals surface area contributed by atoms with E-state index in [9.17, 15) is 8.42 Å². The minimum Gasteiger partial charge on any atom is -0.497 e. The van der Waals surface area contributed by atoms with Crippen LogP contribution in [0.4, 0.5) is 0 Å². The van der Waals surface area contributed by atoms with E-state index in [4.69, 9.17) is 15.7 Å². The van der Waals surface area contributed by atoms with E-state index < -0.39 is 16.1 Å². The summed E-state index contributed by atoms with van der Waals surface area (Å²) in [6.45, 7) is 1.68. The lowest BCUT2D eigenvalue weighted by atomic mass is 10.2. The zero-order chi connectivity index (χ0) is 15.3. The molecule has 0 aliphatic rings. The Balaban J connectivity index is 2.96. The van der Waals surface area contributed by atoms with Crippen LogP contribution in [0.25, 0.3) is 0 Å². The second-order valence-corrected chi connectivity index (χ2v) is 6.34. The van der Waals surface area contributed by atoms with Crippen molar-refractivity contribution in [3.8, 4) is 5.75 Å². The van der Waals surface area contributed by atoms with Gasteiger partial charge in [0, 0.05) is 19.5 Å². The molecule has 3 N–H and O–H groups in total. The summed E-state index contributed by atoms with van der Waals surface area (Å²) in [6.07, 6.45) is 0.141. The zero-order valence-electron chi connectivity index (χ0n) is 11.6. The Bertz CT molecular complexity index is 569. The van der Waals surface area contributed by atoms with Crippen LogP contribution in [0, 0.1) is 0 Å². The smallest absolute Gasteiger partial charge is 0.243 e. The fraction of sp³-hybridized carbons (Fsp3) is 0.417. The molecule has 1 aromatic rings. The number of hydrogen-bond acceptors (Lipinski definition) is 5. The molecule has 0 saturated carbocycles. The fourth-order valence-electron chi connectivity index (χ4n) is 1.62. The Labute approximate surface area is 118 Å². The molecule has 20 heavy (non-hydrogen) atoms. The lowest BCUT2D eigenvalue weighted by Gasteiger charge is -2.23. The molecule has 0 aliphatic heterocycles. The highest BCUT2D eigenvalue weighted by Crippen LogP contribution is 2.20. The first-order chi connectivity index (χ1) is 9.32. The molecule has 0 spiro atoms. The summed E-state index contributed by atoms with van der Waals surface area (Å²) in [5.41, 5.74) is 5.39. The number of amidine groups is 1. The molecule has 0 bridgehead atoms. The van der Waals surface area contributed by atoms with E-state index in [-0.39, 0.29) is 17.2 Å². The first-order valence-electron chi connectivity index (χ1n) is 5.91. The van der Waals surface area contributed by atoms with Crippen LogP contribution in [0.1, 0.15) is 13.3 Å². The van der Waals surface area contributed by atoms with E-state index in [0.29, 0.717) is 5.75 Å². The van der Waals surface area contributed by atoms with Crippen LogP contribution in [0.3, 0.4) is 0 Å². The summed E-state index contributed by atoms with van der Waals surface area (Å²) in [5.74, 6) is 0.561. The molecule has 112 valence electrons. The Morgan fingerprint density at radius 3 is 2.45 bits per heavy atom. The van der Waals surface area contributed by atoms with Crippen LogP contribution < -0.4 is 10.5 Å². The molecule has 1 rings (SSSR count). The molecule has 0 radical (unpaired) electrons. The minimum absolute atomic E-state index is 0.0192. The molecule has 1 aromatic carbocycles. The van der Waals surface area contributed by atoms with Gasteiger partial charge in [-0.2, -0.15) is 4.31 Å². The van der Waals surface area contributed by atoms with E-state index >= 15 is 0 Å². The molecule has 0 fully saturated rings. The summed E-state index contributed by atoms with van der Waals surface area (Å²) in [4.78, 5) is 0.159. The highest BCUT2D eigenvalue weighted by atomic mass is 32.2. The van der Waals surface area contributed by atoms with Crippen molar-refractivity contribution in [2.24, 2.45) is 10.9 Å². The molecule has 7 nitrogen and oxygen atoms in total. The van der Waals surface area contributed by atoms with Gasteiger partial charge in [-0.3, -0.25) is 0 Å². The summed E-state index contributed by atoms with van der Waals surface area (Å²) in [7, 11) is -0.670. The predicted molar refractivity (Wildman–Crippen MR) is 75.4 cm³/mol. The molecule has 1 unspecified atom stereocenters. The van der Waals surface area contributed by atoms with Gasteiger partial charge in [0.05, 0.1) is 12.0 Å². The topological polar surface area (TPSA) is 105 Å². The maximum absolute atomic E-state index is 12.4. The van der Waals surface area contributed by atoms with Gasteiger partial charge in [0.15, 0.2) is 0 Å². The third-order valence-electron chi connectivity index (χ3n) is 2.99. The lowest BCUT2D eigenvalue weighted by molar-refractivity contribution is 0.313. The van der Waals surface area contributed by atoms with Gasteiger partial charge in [0.2, 0.25) is 10.0 Å². The van der Waals surface area contributed by atoms with Crippen molar-refractivity contribution < 1.29 is 18.4 Å². The minimum atomic E-state index is -3.63. The Hall–Kier alpha value is -1.80. The summed E-state index contributed by atoms with van der Waals surface area (Å²) >= 11 is 0. The maximum Gasteiger partial charge on any atom is 0.243 e. The standard InChI is InChI=1S/C12H19N3O4S/c1-9(8-12(13)14-16)15(2)20(17,18)11-6-4-10(19-3)5-7-11/h4-7,9,16H,8H2,1-3H3,(H2,13,14). The van der Waals surface area contributed by atoms with Gasteiger partial charge in [-0.1, -0.05) is 5.16 Å². The number of ether oxygens (including phenoxy) is 1. The summed E-state index contributed by atoms with van der Waals surface area (Å²) < 4.78 is 30.9. The van der Waals surface area contributed by atoms with E-state index in [0.717, 1.165) is 0 Å². The molecule has 0 saturated heterocycles. The lowest BCUT2D eigenvalue weighted by Crippen LogP contribution is -2.37. The second kappa shape index (κ2) is 6.58. The van der Waals surface area contributed by atoms with Gasteiger partial charge in [0.25, 0.3) is 0 Å². The van der Waals surface area contributed by atoms with E-state index in [1.54, 1.807) is 19.1 Å². The second-order valence-electron chi connectivity index (χ2n) is 4.34. The number of sulfonamides is 1. The average molecular weight is 301 g/mol. The third kappa shape index (κ3) is 3.61. The molecule has 0 amide bonds. The first kappa shape index (κ1) is 16.3. The predicted octanol–water partition coefficient (Wildman–Crippen LogP) is 0.841. The van der Waals surface area contributed by atoms with Crippen LogP contribution in [-0.2, 0) is 10.0 Å². The Morgan fingerprint density at radius 1 is 1.45 bits per heavy atom. The van der Waals surface area contributed by atoms with E-state index in [1.807, 2.05) is 0 Å². The van der Waals surface area contributed by atoms with Crippen LogP contribution >= 0.6 is 0 Å². The number of benzene rings is 1. The number of hydrogen-bond donors (Lipinski definition) is 2. The van der Waals surface area contributed by atoms with Crippen molar-refractivity contribution in [2.45, 2.75) is 24.3 Å². The third-order valence-corrected chi connectivity index (χ3v) is 4.98. The molecular weight excluding hydrogens is 282 g/mol. The van der Waals surface area contributed by atoms with Crippen LogP contribution in [0.5, 0.6) is 5.75 Å². The first-order valence-corrected chi connectivity index (χ1v) is 7.35. The van der Waals surface area contributed by atoms with Gasteiger partial charge in [0.1, 0.15) is 11.6 Å². The molecular formula is C12H19N3O4S. The van der Waals surface area contributed by atoms with Crippen molar-refractivity contribution in [3.05, 3.63) is 24.3 Å². The van der Waals surface area contributed by atoms with Gasteiger partial charge in [-0.15, -0.1) is 0 Å². The number of nitrogens with zero attached hydrogens (tertiary/aromatic N) is 2. The molecule has 1 atom stereocenters. The maximum atomic E-state index is 12.4. The van der Waals surface area contributed by atoms with Gasteiger partial charge >= 0.3 is 0 Å². The number of rotatable bonds is 6. The van der Waals surface area contributed by atoms with Gasteiger partial charge in [-0.05, 0) is 31.2 Å². The van der Waals surface area contributed by atoms with Gasteiger partial charge < -0.3 is 15.7 Å². The Morgan fingerprint density at radius 2 is 2.00 bits per heavy atom. The van der Waals surface area contributed by atoms with Crippen LogP contribution in [0.2, 0.25) is 0 Å². The quantitative estimate of drug-likeness (QED) is 0.350. The Kier molecular flexibility index (Phi) is 5.34. The van der Waals surface area contributed by atoms with Crippen LogP contribution in [0.15, 0.2) is 34.3 Å². The summed E-state index contributed by atoms with van der Waals surface area (Å²) in [5, 5.41) is 11.4. The molecule has 0 aliphatic carbocycles.